The summed E-state index contributed by atoms with van der Waals surface area (Å²) in [6, 6.07) is 9.71. The molecule has 0 fully saturated rings. The van der Waals surface area contributed by atoms with Gasteiger partial charge in [-0.3, -0.25) is 9.59 Å². The number of amides is 2. The van der Waals surface area contributed by atoms with Crippen molar-refractivity contribution >= 4 is 23.2 Å². The summed E-state index contributed by atoms with van der Waals surface area (Å²) < 4.78 is 0. The molecule has 1 aromatic carbocycles. The predicted molar refractivity (Wildman–Crippen MR) is 96.3 cm³/mol. The maximum Gasteiger partial charge on any atom is 0.251 e. The Morgan fingerprint density at radius 1 is 1.29 bits per heavy atom. The molecule has 3 rings (SSSR count). The number of thiophene rings is 1. The molecule has 1 atom stereocenters. The minimum absolute atomic E-state index is 0.101. The highest BCUT2D eigenvalue weighted by atomic mass is 32.1. The van der Waals surface area contributed by atoms with Gasteiger partial charge in [-0.2, -0.15) is 0 Å². The van der Waals surface area contributed by atoms with Crippen LogP contribution in [-0.4, -0.2) is 29.8 Å². The fraction of sp³-hybridized carbons (Fsp3) is 0.368. The molecular weight excluding hydrogens is 320 g/mol. The Morgan fingerprint density at radius 3 is 2.88 bits per heavy atom. The Bertz CT molecular complexity index is 753. The Hall–Kier alpha value is -2.14. The summed E-state index contributed by atoms with van der Waals surface area (Å²) in [5, 5.41) is 4.95. The first-order chi connectivity index (χ1) is 11.6. The van der Waals surface area contributed by atoms with Crippen LogP contribution in [0.4, 0.5) is 0 Å². The van der Waals surface area contributed by atoms with E-state index in [1.54, 1.807) is 17.4 Å². The van der Waals surface area contributed by atoms with E-state index in [0.29, 0.717) is 18.5 Å². The quantitative estimate of drug-likeness (QED) is 0.926. The molecule has 0 aliphatic carbocycles. The van der Waals surface area contributed by atoms with Gasteiger partial charge in [0, 0.05) is 30.0 Å². The SMILES string of the molecule is Cc1ccccc1C(=O)NCCC(=O)N1CCc2sccc2[C@@H]1C. The molecule has 5 heteroatoms. The Morgan fingerprint density at radius 2 is 2.08 bits per heavy atom. The Labute approximate surface area is 146 Å². The smallest absolute Gasteiger partial charge is 0.251 e. The number of fused-ring (bicyclic) bond motifs is 1. The van der Waals surface area contributed by atoms with Crippen molar-refractivity contribution in [3.63, 3.8) is 0 Å². The van der Waals surface area contributed by atoms with Crippen LogP contribution in [0.25, 0.3) is 0 Å². The van der Waals surface area contributed by atoms with Crippen LogP contribution in [0.3, 0.4) is 0 Å². The van der Waals surface area contributed by atoms with Crippen molar-refractivity contribution in [3.05, 3.63) is 57.3 Å². The number of carbonyl (C=O) groups excluding carboxylic acids is 2. The molecule has 0 spiro atoms. The first kappa shape index (κ1) is 16.7. The number of nitrogens with one attached hydrogen (secondary N) is 1. The van der Waals surface area contributed by atoms with Crippen LogP contribution in [0.5, 0.6) is 0 Å². The van der Waals surface area contributed by atoms with Gasteiger partial charge in [0.15, 0.2) is 0 Å². The molecule has 1 N–H and O–H groups in total. The van der Waals surface area contributed by atoms with E-state index in [0.717, 1.165) is 18.5 Å². The molecule has 0 saturated heterocycles. The Balaban J connectivity index is 1.53. The second kappa shape index (κ2) is 7.18. The monoisotopic (exact) mass is 342 g/mol. The number of hydrogen-bond donors (Lipinski definition) is 1. The molecule has 0 unspecified atom stereocenters. The maximum atomic E-state index is 12.5. The van der Waals surface area contributed by atoms with E-state index in [-0.39, 0.29) is 17.9 Å². The summed E-state index contributed by atoms with van der Waals surface area (Å²) in [5.41, 5.74) is 2.87. The lowest BCUT2D eigenvalue weighted by atomic mass is 10.0. The minimum atomic E-state index is -0.118. The molecular formula is C19H22N2O2S. The zero-order valence-corrected chi connectivity index (χ0v) is 14.9. The number of aryl methyl sites for hydroxylation is 1. The van der Waals surface area contributed by atoms with Gasteiger partial charge in [-0.15, -0.1) is 11.3 Å². The molecule has 0 radical (unpaired) electrons. The van der Waals surface area contributed by atoms with Gasteiger partial charge >= 0.3 is 0 Å². The van der Waals surface area contributed by atoms with Gasteiger partial charge in [0.25, 0.3) is 5.91 Å². The standard InChI is InChI=1S/C19H22N2O2S/c1-13-5-3-4-6-15(13)19(23)20-10-7-18(22)21-11-8-17-16(14(21)2)9-12-24-17/h3-6,9,12,14H,7-8,10-11H2,1-2H3,(H,20,23)/t14-/m0/s1. The number of carbonyl (C=O) groups is 2. The van der Waals surface area contributed by atoms with Crippen molar-refractivity contribution in [2.24, 2.45) is 0 Å². The zero-order chi connectivity index (χ0) is 17.1. The van der Waals surface area contributed by atoms with Crippen molar-refractivity contribution in [1.29, 1.82) is 0 Å². The average molecular weight is 342 g/mol. The van der Waals surface area contributed by atoms with Gasteiger partial charge in [-0.25, -0.2) is 0 Å². The normalized spacial score (nSPS) is 16.6. The van der Waals surface area contributed by atoms with Gasteiger partial charge in [0.1, 0.15) is 0 Å². The fourth-order valence-corrected chi connectivity index (χ4v) is 4.16. The van der Waals surface area contributed by atoms with E-state index in [2.05, 4.69) is 23.7 Å². The van der Waals surface area contributed by atoms with Gasteiger partial charge in [0.05, 0.1) is 6.04 Å². The van der Waals surface area contributed by atoms with Gasteiger partial charge in [-0.1, -0.05) is 18.2 Å². The largest absolute Gasteiger partial charge is 0.352 e. The zero-order valence-electron chi connectivity index (χ0n) is 14.0. The van der Waals surface area contributed by atoms with E-state index in [9.17, 15) is 9.59 Å². The van der Waals surface area contributed by atoms with E-state index in [4.69, 9.17) is 0 Å². The second-order valence-corrected chi connectivity index (χ2v) is 7.13. The summed E-state index contributed by atoms with van der Waals surface area (Å²) in [6.07, 6.45) is 1.26. The summed E-state index contributed by atoms with van der Waals surface area (Å²) in [5.74, 6) is -0.0165. The van der Waals surface area contributed by atoms with E-state index in [1.165, 1.54) is 10.4 Å². The van der Waals surface area contributed by atoms with Crippen LogP contribution in [-0.2, 0) is 11.2 Å². The van der Waals surface area contributed by atoms with Crippen molar-refractivity contribution in [1.82, 2.24) is 10.2 Å². The average Bonchev–Trinajstić information content (AvgIpc) is 3.05. The van der Waals surface area contributed by atoms with Crippen molar-refractivity contribution in [2.45, 2.75) is 32.7 Å². The molecule has 0 bridgehead atoms. The highest BCUT2D eigenvalue weighted by molar-refractivity contribution is 7.10. The topological polar surface area (TPSA) is 49.4 Å². The van der Waals surface area contributed by atoms with Crippen LogP contribution in [0.15, 0.2) is 35.7 Å². The molecule has 24 heavy (non-hydrogen) atoms. The molecule has 1 aliphatic rings. The molecule has 126 valence electrons. The molecule has 2 heterocycles. The molecule has 2 amide bonds. The molecule has 0 saturated carbocycles. The molecule has 1 aliphatic heterocycles. The van der Waals surface area contributed by atoms with Crippen LogP contribution < -0.4 is 5.32 Å². The third-order valence-electron chi connectivity index (χ3n) is 4.61. The van der Waals surface area contributed by atoms with E-state index < -0.39 is 0 Å². The molecule has 4 nitrogen and oxygen atoms in total. The number of benzene rings is 1. The third kappa shape index (κ3) is 3.36. The van der Waals surface area contributed by atoms with Crippen LogP contribution in [0.1, 0.15) is 45.7 Å². The lowest BCUT2D eigenvalue weighted by Gasteiger charge is -2.33. The van der Waals surface area contributed by atoms with Crippen LogP contribution in [0, 0.1) is 6.92 Å². The number of nitrogens with zero attached hydrogens (tertiary/aromatic N) is 1. The summed E-state index contributed by atoms with van der Waals surface area (Å²) >= 11 is 1.77. The Kier molecular flexibility index (Phi) is 5.00. The minimum Gasteiger partial charge on any atom is -0.352 e. The highest BCUT2D eigenvalue weighted by Gasteiger charge is 2.27. The lowest BCUT2D eigenvalue weighted by Crippen LogP contribution is -2.40. The van der Waals surface area contributed by atoms with Crippen LogP contribution in [0.2, 0.25) is 0 Å². The fourth-order valence-electron chi connectivity index (χ4n) is 3.20. The first-order valence-electron chi connectivity index (χ1n) is 8.27. The summed E-state index contributed by atoms with van der Waals surface area (Å²) in [4.78, 5) is 28.0. The van der Waals surface area contributed by atoms with E-state index >= 15 is 0 Å². The van der Waals surface area contributed by atoms with Crippen molar-refractivity contribution in [3.8, 4) is 0 Å². The van der Waals surface area contributed by atoms with Crippen LogP contribution >= 0.6 is 11.3 Å². The number of hydrogen-bond acceptors (Lipinski definition) is 3. The molecule has 1 aromatic heterocycles. The summed E-state index contributed by atoms with van der Waals surface area (Å²) in [7, 11) is 0. The third-order valence-corrected chi connectivity index (χ3v) is 5.61. The predicted octanol–water partition coefficient (Wildman–Crippen LogP) is 3.32. The maximum absolute atomic E-state index is 12.5. The lowest BCUT2D eigenvalue weighted by molar-refractivity contribution is -0.133. The first-order valence-corrected chi connectivity index (χ1v) is 9.15. The van der Waals surface area contributed by atoms with Gasteiger partial charge in [0.2, 0.25) is 5.91 Å². The van der Waals surface area contributed by atoms with E-state index in [1.807, 2.05) is 30.0 Å². The van der Waals surface area contributed by atoms with Gasteiger partial charge in [-0.05, 0) is 48.9 Å². The van der Waals surface area contributed by atoms with Gasteiger partial charge < -0.3 is 10.2 Å². The van der Waals surface area contributed by atoms with Crippen molar-refractivity contribution < 1.29 is 9.59 Å². The molecule has 2 aromatic rings. The summed E-state index contributed by atoms with van der Waals surface area (Å²) in [6.45, 7) is 5.12. The highest BCUT2D eigenvalue weighted by Crippen LogP contribution is 2.32. The number of rotatable bonds is 4. The second-order valence-electron chi connectivity index (χ2n) is 6.13. The van der Waals surface area contributed by atoms with Crippen molar-refractivity contribution in [2.75, 3.05) is 13.1 Å².